The van der Waals surface area contributed by atoms with Crippen LogP contribution in [0.25, 0.3) is 0 Å². The topological polar surface area (TPSA) is 95.8 Å². The molecule has 3 aliphatic rings. The second kappa shape index (κ2) is 8.96. The summed E-state index contributed by atoms with van der Waals surface area (Å²) < 4.78 is 33.4. The van der Waals surface area contributed by atoms with Gasteiger partial charge in [-0.3, -0.25) is 4.79 Å². The number of nitrogens with zero attached hydrogens (tertiary/aromatic N) is 3. The smallest absolute Gasteiger partial charge is 0.273 e. The average molecular weight is 439 g/mol. The predicted molar refractivity (Wildman–Crippen MR) is 114 cm³/mol. The van der Waals surface area contributed by atoms with Gasteiger partial charge in [0.2, 0.25) is 10.0 Å². The second-order valence-corrected chi connectivity index (χ2v) is 11.2. The third-order valence-corrected chi connectivity index (χ3v) is 9.03. The van der Waals surface area contributed by atoms with E-state index in [0.717, 1.165) is 57.4 Å². The molecule has 0 spiro atoms. The van der Waals surface area contributed by atoms with E-state index in [9.17, 15) is 13.2 Å². The Morgan fingerprint density at radius 1 is 1.20 bits per heavy atom. The molecule has 0 saturated carbocycles. The van der Waals surface area contributed by atoms with Gasteiger partial charge in [0.05, 0.1) is 5.75 Å². The lowest BCUT2D eigenvalue weighted by atomic mass is 9.99. The minimum atomic E-state index is -3.27. The molecule has 0 radical (unpaired) electrons. The van der Waals surface area contributed by atoms with Crippen LogP contribution < -0.4 is 5.32 Å². The third-order valence-electron chi connectivity index (χ3n) is 6.89. The highest BCUT2D eigenvalue weighted by Gasteiger charge is 2.47. The van der Waals surface area contributed by atoms with E-state index >= 15 is 0 Å². The number of nitrogens with one attached hydrogen (secondary N) is 1. The van der Waals surface area contributed by atoms with E-state index in [1.807, 2.05) is 6.92 Å². The Morgan fingerprint density at radius 3 is 2.50 bits per heavy atom. The summed E-state index contributed by atoms with van der Waals surface area (Å²) in [6.45, 7) is 4.00. The largest absolute Gasteiger partial charge is 0.361 e. The standard InChI is InChI=1S/C21H34N4O4S/c1-3-4-19-13-20(23-29-19)21(26)22-16-11-17-5-6-18(12-16)25(17)30(27,28)14-15-7-9-24(2)10-8-15/h13,15-18H,3-12,14H2,1-2H3,(H,22,26)/t16?,17-,18+. The number of likely N-dealkylation sites (tertiary alicyclic amines) is 1. The first-order valence-corrected chi connectivity index (χ1v) is 12.9. The molecule has 3 fully saturated rings. The van der Waals surface area contributed by atoms with Crippen molar-refractivity contribution in [2.24, 2.45) is 5.92 Å². The second-order valence-electron chi connectivity index (χ2n) is 9.31. The molecule has 1 N–H and O–H groups in total. The summed E-state index contributed by atoms with van der Waals surface area (Å²) in [6, 6.07) is 1.68. The fourth-order valence-corrected chi connectivity index (χ4v) is 7.75. The number of hydrogen-bond donors (Lipinski definition) is 1. The Morgan fingerprint density at radius 2 is 1.87 bits per heavy atom. The molecular formula is C21H34N4O4S. The van der Waals surface area contributed by atoms with Crippen LogP contribution in [0.2, 0.25) is 0 Å². The number of rotatable bonds is 7. The number of amides is 1. The van der Waals surface area contributed by atoms with Crippen LogP contribution in [0.1, 0.15) is 68.1 Å². The van der Waals surface area contributed by atoms with Crippen molar-refractivity contribution in [1.82, 2.24) is 19.7 Å². The fourth-order valence-electron chi connectivity index (χ4n) is 5.36. The quantitative estimate of drug-likeness (QED) is 0.700. The van der Waals surface area contributed by atoms with E-state index < -0.39 is 10.0 Å². The van der Waals surface area contributed by atoms with Crippen molar-refractivity contribution in [3.8, 4) is 0 Å². The van der Waals surface area contributed by atoms with E-state index in [1.54, 1.807) is 10.4 Å². The molecule has 0 aliphatic carbocycles. The Kier molecular flexibility index (Phi) is 6.50. The number of fused-ring (bicyclic) bond motifs is 2. The molecule has 3 atom stereocenters. The third kappa shape index (κ3) is 4.73. The first-order chi connectivity index (χ1) is 14.4. The summed E-state index contributed by atoms with van der Waals surface area (Å²) in [5.41, 5.74) is 0.308. The number of aryl methyl sites for hydroxylation is 1. The van der Waals surface area contributed by atoms with Crippen LogP contribution in [0.3, 0.4) is 0 Å². The number of carbonyl (C=O) groups excluding carboxylic acids is 1. The monoisotopic (exact) mass is 438 g/mol. The fraction of sp³-hybridized carbons (Fsp3) is 0.810. The van der Waals surface area contributed by atoms with Gasteiger partial charge in [-0.2, -0.15) is 4.31 Å². The molecular weight excluding hydrogens is 404 g/mol. The molecule has 1 amide bonds. The van der Waals surface area contributed by atoms with Crippen LogP contribution in [-0.4, -0.2) is 72.7 Å². The minimum Gasteiger partial charge on any atom is -0.361 e. The van der Waals surface area contributed by atoms with Crippen molar-refractivity contribution in [2.45, 2.75) is 76.4 Å². The normalized spacial score (nSPS) is 28.7. The molecule has 4 rings (SSSR count). The lowest BCUT2D eigenvalue weighted by molar-refractivity contribution is 0.0900. The highest BCUT2D eigenvalue weighted by molar-refractivity contribution is 7.89. The number of carbonyl (C=O) groups is 1. The molecule has 4 heterocycles. The maximum absolute atomic E-state index is 13.2. The molecule has 1 aromatic rings. The molecule has 8 nitrogen and oxygen atoms in total. The van der Waals surface area contributed by atoms with Crippen LogP contribution in [-0.2, 0) is 16.4 Å². The molecule has 30 heavy (non-hydrogen) atoms. The molecule has 1 unspecified atom stereocenters. The lowest BCUT2D eigenvalue weighted by Crippen LogP contribution is -2.53. The van der Waals surface area contributed by atoms with Gasteiger partial charge in [0, 0.05) is 30.6 Å². The van der Waals surface area contributed by atoms with E-state index in [1.165, 1.54) is 0 Å². The Hall–Kier alpha value is -1.45. The highest BCUT2D eigenvalue weighted by atomic mass is 32.2. The zero-order chi connectivity index (χ0) is 21.3. The number of sulfonamides is 1. The van der Waals surface area contributed by atoms with Crippen molar-refractivity contribution >= 4 is 15.9 Å². The van der Waals surface area contributed by atoms with Crippen molar-refractivity contribution < 1.29 is 17.7 Å². The average Bonchev–Trinajstić information content (AvgIpc) is 3.27. The molecule has 9 heteroatoms. The highest BCUT2D eigenvalue weighted by Crippen LogP contribution is 2.39. The molecule has 1 aromatic heterocycles. The van der Waals surface area contributed by atoms with Gasteiger partial charge >= 0.3 is 0 Å². The van der Waals surface area contributed by atoms with Gasteiger partial charge in [-0.15, -0.1) is 0 Å². The van der Waals surface area contributed by atoms with E-state index in [0.29, 0.717) is 18.5 Å². The van der Waals surface area contributed by atoms with Gasteiger partial charge in [-0.25, -0.2) is 8.42 Å². The summed E-state index contributed by atoms with van der Waals surface area (Å²) in [6.07, 6.45) is 6.72. The summed E-state index contributed by atoms with van der Waals surface area (Å²) in [4.78, 5) is 14.8. The van der Waals surface area contributed by atoms with E-state index in [2.05, 4.69) is 22.4 Å². The van der Waals surface area contributed by atoms with Crippen LogP contribution in [0.15, 0.2) is 10.6 Å². The molecule has 3 saturated heterocycles. The van der Waals surface area contributed by atoms with Gasteiger partial charge in [0.15, 0.2) is 5.69 Å². The number of piperidine rings is 2. The maximum atomic E-state index is 13.2. The van der Waals surface area contributed by atoms with Crippen LogP contribution in [0.5, 0.6) is 0 Å². The molecule has 3 aliphatic heterocycles. The molecule has 0 aromatic carbocycles. The lowest BCUT2D eigenvalue weighted by Gasteiger charge is -2.39. The SMILES string of the molecule is CCCc1cc(C(=O)NC2C[C@H]3CC[C@@H](C2)N3S(=O)(=O)CC2CCN(C)CC2)no1. The zero-order valence-corrected chi connectivity index (χ0v) is 18.9. The van der Waals surface area contributed by atoms with Gasteiger partial charge < -0.3 is 14.7 Å². The minimum absolute atomic E-state index is 0.00160. The molecule has 2 bridgehead atoms. The predicted octanol–water partition coefficient (Wildman–Crippen LogP) is 2.02. The molecule has 168 valence electrons. The van der Waals surface area contributed by atoms with Crippen molar-refractivity contribution in [3.63, 3.8) is 0 Å². The van der Waals surface area contributed by atoms with Gasteiger partial charge in [-0.05, 0) is 71.0 Å². The van der Waals surface area contributed by atoms with E-state index in [-0.39, 0.29) is 35.7 Å². The summed E-state index contributed by atoms with van der Waals surface area (Å²) in [5, 5.41) is 6.94. The van der Waals surface area contributed by atoms with Crippen LogP contribution in [0, 0.1) is 5.92 Å². The summed E-state index contributed by atoms with van der Waals surface area (Å²) in [7, 11) is -1.18. The summed E-state index contributed by atoms with van der Waals surface area (Å²) in [5.74, 6) is 1.02. The van der Waals surface area contributed by atoms with Gasteiger partial charge in [-0.1, -0.05) is 12.1 Å². The maximum Gasteiger partial charge on any atom is 0.273 e. The Balaban J connectivity index is 1.35. The Labute approximate surface area is 179 Å². The van der Waals surface area contributed by atoms with Gasteiger partial charge in [0.1, 0.15) is 5.76 Å². The number of aromatic nitrogens is 1. The first-order valence-electron chi connectivity index (χ1n) is 11.3. The first kappa shape index (κ1) is 21.8. The zero-order valence-electron chi connectivity index (χ0n) is 18.0. The Bertz CT molecular complexity index is 833. The van der Waals surface area contributed by atoms with Crippen molar-refractivity contribution in [3.05, 3.63) is 17.5 Å². The van der Waals surface area contributed by atoms with Crippen LogP contribution >= 0.6 is 0 Å². The van der Waals surface area contributed by atoms with Crippen LogP contribution in [0.4, 0.5) is 0 Å². The van der Waals surface area contributed by atoms with Crippen molar-refractivity contribution in [1.29, 1.82) is 0 Å². The van der Waals surface area contributed by atoms with E-state index in [4.69, 9.17) is 4.52 Å². The number of hydrogen-bond acceptors (Lipinski definition) is 6. The van der Waals surface area contributed by atoms with Gasteiger partial charge in [0.25, 0.3) is 5.91 Å². The van der Waals surface area contributed by atoms with Crippen molar-refractivity contribution in [2.75, 3.05) is 25.9 Å². The summed E-state index contributed by atoms with van der Waals surface area (Å²) >= 11 is 0.